The highest BCUT2D eigenvalue weighted by Crippen LogP contribution is 2.38. The summed E-state index contributed by atoms with van der Waals surface area (Å²) in [6.45, 7) is 5.34. The molecular weight excluding hydrogens is 397 g/mol. The van der Waals surface area contributed by atoms with Crippen LogP contribution in [-0.2, 0) is 10.5 Å². The van der Waals surface area contributed by atoms with Gasteiger partial charge in [0.2, 0.25) is 0 Å². The number of ketones is 1. The molecule has 0 saturated carbocycles. The minimum absolute atomic E-state index is 0.116. The molecule has 1 aliphatic rings. The van der Waals surface area contributed by atoms with E-state index in [-0.39, 0.29) is 34.4 Å². The second-order valence-corrected chi connectivity index (χ2v) is 8.20. The molecule has 0 spiro atoms. The van der Waals surface area contributed by atoms with Crippen LogP contribution in [0.1, 0.15) is 37.8 Å². The third-order valence-electron chi connectivity index (χ3n) is 4.79. The minimum Gasteiger partial charge on any atom is -0.507 e. The van der Waals surface area contributed by atoms with Crippen LogP contribution in [0.4, 0.5) is 8.78 Å². The highest BCUT2D eigenvalue weighted by molar-refractivity contribution is 7.17. The second kappa shape index (κ2) is 9.55. The lowest BCUT2D eigenvalue weighted by Gasteiger charge is -2.33. The van der Waals surface area contributed by atoms with E-state index in [4.69, 9.17) is 11.5 Å². The molecule has 2 rings (SSSR count). The Morgan fingerprint density at radius 1 is 1.41 bits per heavy atom. The van der Waals surface area contributed by atoms with Gasteiger partial charge in [0.25, 0.3) is 5.66 Å². The lowest BCUT2D eigenvalue weighted by molar-refractivity contribution is -0.118. The summed E-state index contributed by atoms with van der Waals surface area (Å²) in [5.74, 6) is 0.215. The number of Topliss-reactive ketones (excluding diaryl/α,β-unsaturated/α-hetero) is 1. The molecule has 2 unspecified atom stereocenters. The number of hydrogen-bond donors (Lipinski definition) is 4. The van der Waals surface area contributed by atoms with Gasteiger partial charge in [0, 0.05) is 29.4 Å². The minimum atomic E-state index is -3.13. The first-order chi connectivity index (χ1) is 13.5. The van der Waals surface area contributed by atoms with E-state index >= 15 is 0 Å². The number of piperidine rings is 1. The van der Waals surface area contributed by atoms with Crippen LogP contribution in [0.25, 0.3) is 5.70 Å². The number of aromatic hydroxyl groups is 1. The number of carbonyl (C=O) groups excluding carboxylic acids is 1. The van der Waals surface area contributed by atoms with Crippen LogP contribution in [0.5, 0.6) is 5.75 Å². The quantitative estimate of drug-likeness (QED) is 0.394. The molecule has 6 N–H and O–H groups in total. The third-order valence-corrected chi connectivity index (χ3v) is 5.13. The maximum atomic E-state index is 13.4. The summed E-state index contributed by atoms with van der Waals surface area (Å²) in [5.41, 5.74) is 9.85. The van der Waals surface area contributed by atoms with E-state index in [1.165, 1.54) is 21.4 Å². The number of halogens is 2. The van der Waals surface area contributed by atoms with Gasteiger partial charge in [0.05, 0.1) is 12.4 Å². The molecule has 0 aliphatic carbocycles. The topological polar surface area (TPSA) is 105 Å². The molecular formula is C20H29F2N4O2P. The fourth-order valence-electron chi connectivity index (χ4n) is 3.40. The fourth-order valence-corrected chi connectivity index (χ4v) is 3.58. The lowest BCUT2D eigenvalue weighted by Crippen LogP contribution is -2.47. The number of nitrogens with zero attached hydrogens (tertiary/aromatic N) is 1. The maximum absolute atomic E-state index is 13.4. The van der Waals surface area contributed by atoms with Crippen molar-refractivity contribution >= 4 is 20.7 Å². The van der Waals surface area contributed by atoms with E-state index in [2.05, 4.69) is 10.2 Å². The maximum Gasteiger partial charge on any atom is 0.284 e. The molecule has 0 aromatic heterocycles. The van der Waals surface area contributed by atoms with Gasteiger partial charge in [-0.3, -0.25) is 9.69 Å². The number of phenols is 1. The van der Waals surface area contributed by atoms with Gasteiger partial charge in [0.15, 0.2) is 0 Å². The predicted octanol–water partition coefficient (Wildman–Crippen LogP) is 2.45. The monoisotopic (exact) mass is 426 g/mol. The number of allylic oxidation sites excluding steroid dienone is 2. The number of nitrogens with one attached hydrogen (secondary N) is 1. The van der Waals surface area contributed by atoms with Gasteiger partial charge in [-0.15, -0.1) is 0 Å². The van der Waals surface area contributed by atoms with Crippen LogP contribution in [0.15, 0.2) is 35.7 Å². The average Bonchev–Trinajstić information content (AvgIpc) is 2.59. The molecule has 1 heterocycles. The largest absolute Gasteiger partial charge is 0.507 e. The van der Waals surface area contributed by atoms with Crippen molar-refractivity contribution in [2.75, 3.05) is 19.6 Å². The summed E-state index contributed by atoms with van der Waals surface area (Å²) < 4.78 is 26.7. The molecule has 1 fully saturated rings. The zero-order valence-corrected chi connectivity index (χ0v) is 17.9. The van der Waals surface area contributed by atoms with Gasteiger partial charge < -0.3 is 21.9 Å². The summed E-state index contributed by atoms with van der Waals surface area (Å²) in [7, 11) is 1.43. The molecule has 9 heteroatoms. The molecule has 1 aromatic carbocycles. The SMILES string of the molecule is CC(=O)CN1CCCC(N/C(N)=C/C(C)=C(\N)c2ccc(C(F)(F)P)cc2O)C1. The first-order valence-electron chi connectivity index (χ1n) is 9.39. The van der Waals surface area contributed by atoms with Crippen molar-refractivity contribution in [1.29, 1.82) is 0 Å². The zero-order valence-electron chi connectivity index (χ0n) is 16.7. The standard InChI is InChI=1S/C20H29F2N4O2P/c1-12(19(24)16-6-5-14(9-17(16)28)20(21,22)29)8-18(23)25-15-4-3-7-26(11-15)10-13(2)27/h5-6,8-9,15,25,28H,3-4,7,10-11,23-24,29H2,1-2H3/b18-8+,19-12-. The van der Waals surface area contributed by atoms with E-state index in [0.717, 1.165) is 32.0 Å². The van der Waals surface area contributed by atoms with Gasteiger partial charge >= 0.3 is 0 Å². The summed E-state index contributed by atoms with van der Waals surface area (Å²) in [5, 5.41) is 13.3. The molecule has 0 radical (unpaired) electrons. The smallest absolute Gasteiger partial charge is 0.284 e. The number of likely N-dealkylation sites (tertiary alicyclic amines) is 1. The van der Waals surface area contributed by atoms with E-state index in [9.17, 15) is 18.7 Å². The Labute approximate surface area is 172 Å². The van der Waals surface area contributed by atoms with E-state index in [1.807, 2.05) is 0 Å². The van der Waals surface area contributed by atoms with E-state index in [0.29, 0.717) is 17.9 Å². The van der Waals surface area contributed by atoms with Crippen LogP contribution in [0.2, 0.25) is 0 Å². The van der Waals surface area contributed by atoms with Crippen molar-refractivity contribution in [2.24, 2.45) is 11.5 Å². The number of phenolic OH excluding ortho intramolecular Hbond substituents is 1. The van der Waals surface area contributed by atoms with Crippen LogP contribution in [-0.4, -0.2) is 41.5 Å². The van der Waals surface area contributed by atoms with Gasteiger partial charge in [-0.25, -0.2) is 0 Å². The van der Waals surface area contributed by atoms with Gasteiger partial charge in [-0.1, -0.05) is 15.3 Å². The molecule has 29 heavy (non-hydrogen) atoms. The van der Waals surface area contributed by atoms with Gasteiger partial charge in [-0.2, -0.15) is 8.78 Å². The second-order valence-electron chi connectivity index (χ2n) is 7.47. The zero-order chi connectivity index (χ0) is 21.8. The Kier molecular flexibility index (Phi) is 7.60. The number of carbonyl (C=O) groups is 1. The summed E-state index contributed by atoms with van der Waals surface area (Å²) in [4.78, 5) is 13.4. The van der Waals surface area contributed by atoms with Gasteiger partial charge in [0.1, 0.15) is 11.5 Å². The normalized spacial score (nSPS) is 19.6. The molecule has 1 aliphatic heterocycles. The third kappa shape index (κ3) is 6.68. The van der Waals surface area contributed by atoms with Gasteiger partial charge in [-0.05, 0) is 57.0 Å². The van der Waals surface area contributed by atoms with Crippen LogP contribution < -0.4 is 16.8 Å². The average molecular weight is 426 g/mol. The number of nitrogens with two attached hydrogens (primary N) is 2. The molecule has 0 bridgehead atoms. The Hall–Kier alpha value is -2.18. The molecule has 1 aromatic rings. The van der Waals surface area contributed by atoms with Crippen LogP contribution in [0.3, 0.4) is 0 Å². The molecule has 6 nitrogen and oxygen atoms in total. The fraction of sp³-hybridized carbons (Fsp3) is 0.450. The van der Waals surface area contributed by atoms with E-state index in [1.54, 1.807) is 19.9 Å². The Bertz CT molecular complexity index is 821. The molecule has 1 saturated heterocycles. The Balaban J connectivity index is 2.11. The van der Waals surface area contributed by atoms with Crippen molar-refractivity contribution in [2.45, 2.75) is 38.4 Å². The molecule has 2 atom stereocenters. The first kappa shape index (κ1) is 23.1. The first-order valence-corrected chi connectivity index (χ1v) is 9.97. The number of alkyl halides is 2. The lowest BCUT2D eigenvalue weighted by atomic mass is 10.0. The number of rotatable bonds is 7. The Morgan fingerprint density at radius 3 is 2.69 bits per heavy atom. The molecule has 160 valence electrons. The van der Waals surface area contributed by atoms with Crippen molar-refractivity contribution in [3.05, 3.63) is 46.8 Å². The number of hydrogen-bond acceptors (Lipinski definition) is 6. The highest BCUT2D eigenvalue weighted by Gasteiger charge is 2.25. The summed E-state index contributed by atoms with van der Waals surface area (Å²) in [6.07, 6.45) is 3.55. The van der Waals surface area contributed by atoms with Crippen LogP contribution >= 0.6 is 9.24 Å². The van der Waals surface area contributed by atoms with Crippen molar-refractivity contribution in [1.82, 2.24) is 10.2 Å². The summed E-state index contributed by atoms with van der Waals surface area (Å²) >= 11 is 0. The molecule has 0 amide bonds. The van der Waals surface area contributed by atoms with Crippen LogP contribution in [0, 0.1) is 0 Å². The van der Waals surface area contributed by atoms with Crippen molar-refractivity contribution in [3.8, 4) is 5.75 Å². The number of benzene rings is 1. The highest BCUT2D eigenvalue weighted by atomic mass is 31.0. The summed E-state index contributed by atoms with van der Waals surface area (Å²) in [6, 6.07) is 3.70. The predicted molar refractivity (Wildman–Crippen MR) is 114 cm³/mol. The van der Waals surface area contributed by atoms with Crippen molar-refractivity contribution < 1.29 is 18.7 Å². The van der Waals surface area contributed by atoms with E-state index < -0.39 is 5.66 Å². The van der Waals surface area contributed by atoms with Crippen molar-refractivity contribution in [3.63, 3.8) is 0 Å². The Morgan fingerprint density at radius 2 is 2.10 bits per heavy atom.